The maximum atomic E-state index is 13.0. The lowest BCUT2D eigenvalue weighted by Crippen LogP contribution is -2.44. The van der Waals surface area contributed by atoms with Crippen LogP contribution in [-0.4, -0.2) is 49.9 Å². The molecule has 3 aromatic rings. The van der Waals surface area contributed by atoms with Gasteiger partial charge in [0.2, 0.25) is 6.79 Å². The summed E-state index contributed by atoms with van der Waals surface area (Å²) in [5.41, 5.74) is 2.82. The van der Waals surface area contributed by atoms with Crippen molar-refractivity contribution in [2.24, 2.45) is 0 Å². The van der Waals surface area contributed by atoms with Gasteiger partial charge in [0.1, 0.15) is 5.75 Å². The molecule has 37 heavy (non-hydrogen) atoms. The molecule has 2 heterocycles. The number of rotatable bonds is 7. The van der Waals surface area contributed by atoms with Crippen molar-refractivity contribution in [3.8, 4) is 17.2 Å². The first-order chi connectivity index (χ1) is 18.1. The Morgan fingerprint density at radius 2 is 1.68 bits per heavy atom. The summed E-state index contributed by atoms with van der Waals surface area (Å²) in [6.07, 6.45) is 1.72. The third kappa shape index (κ3) is 6.13. The molecule has 2 aliphatic heterocycles. The minimum atomic E-state index is -0.377. The number of para-hydroxylation sites is 1. The van der Waals surface area contributed by atoms with Gasteiger partial charge in [-0.15, -0.1) is 0 Å². The van der Waals surface area contributed by atoms with Gasteiger partial charge >= 0.3 is 6.03 Å². The highest BCUT2D eigenvalue weighted by atomic mass is 16.7. The van der Waals surface area contributed by atoms with Crippen molar-refractivity contribution in [1.82, 2.24) is 10.2 Å². The van der Waals surface area contributed by atoms with Crippen LogP contribution >= 0.6 is 0 Å². The first-order valence-electron chi connectivity index (χ1n) is 12.3. The van der Waals surface area contributed by atoms with Gasteiger partial charge in [0, 0.05) is 43.1 Å². The number of likely N-dealkylation sites (tertiary alicyclic amines) is 1. The highest BCUT2D eigenvalue weighted by Crippen LogP contribution is 2.33. The van der Waals surface area contributed by atoms with Crippen molar-refractivity contribution in [3.05, 3.63) is 77.9 Å². The van der Waals surface area contributed by atoms with Gasteiger partial charge in [-0.25, -0.2) is 4.79 Å². The summed E-state index contributed by atoms with van der Waals surface area (Å²) in [6, 6.07) is 19.9. The summed E-state index contributed by atoms with van der Waals surface area (Å²) in [7, 11) is 1.51. The van der Waals surface area contributed by atoms with Crippen LogP contribution in [0.3, 0.4) is 0 Å². The monoisotopic (exact) mass is 502 g/mol. The van der Waals surface area contributed by atoms with Crippen LogP contribution in [0.15, 0.2) is 66.7 Å². The van der Waals surface area contributed by atoms with E-state index in [1.807, 2.05) is 30.3 Å². The van der Waals surface area contributed by atoms with Gasteiger partial charge in [0.25, 0.3) is 5.91 Å². The van der Waals surface area contributed by atoms with Crippen molar-refractivity contribution < 1.29 is 23.8 Å². The molecule has 9 nitrogen and oxygen atoms in total. The Balaban J connectivity index is 1.12. The number of anilines is 2. The molecule has 0 aromatic heterocycles. The molecule has 192 valence electrons. The molecular weight excluding hydrogens is 472 g/mol. The number of hydrogen-bond donors (Lipinski definition) is 3. The van der Waals surface area contributed by atoms with Crippen LogP contribution in [0.5, 0.6) is 17.2 Å². The van der Waals surface area contributed by atoms with E-state index in [0.717, 1.165) is 44.0 Å². The molecule has 0 aliphatic carbocycles. The summed E-state index contributed by atoms with van der Waals surface area (Å²) in [6.45, 7) is 2.88. The molecule has 0 unspecified atom stereocenters. The van der Waals surface area contributed by atoms with E-state index in [1.54, 1.807) is 30.3 Å². The minimum absolute atomic E-state index is 0.0830. The molecule has 1 fully saturated rings. The Hall–Kier alpha value is -4.24. The SMILES string of the molecule is COc1cc(NC(=O)Nc2ccccc2)ccc1C(=O)NC1CCN(Cc2ccc3c(c2)OCO3)CC1. The molecule has 0 bridgehead atoms. The zero-order valence-corrected chi connectivity index (χ0v) is 20.7. The van der Waals surface area contributed by atoms with Crippen LogP contribution in [-0.2, 0) is 6.54 Å². The maximum absolute atomic E-state index is 13.0. The fourth-order valence-corrected chi connectivity index (χ4v) is 4.57. The molecule has 3 N–H and O–H groups in total. The molecular formula is C28H30N4O5. The number of fused-ring (bicyclic) bond motifs is 1. The first-order valence-corrected chi connectivity index (χ1v) is 12.3. The molecule has 2 aliphatic rings. The number of methoxy groups -OCH3 is 1. The Morgan fingerprint density at radius 3 is 2.46 bits per heavy atom. The van der Waals surface area contributed by atoms with E-state index >= 15 is 0 Å². The third-order valence-electron chi connectivity index (χ3n) is 6.50. The fourth-order valence-electron chi connectivity index (χ4n) is 4.57. The lowest BCUT2D eigenvalue weighted by Gasteiger charge is -2.32. The average Bonchev–Trinajstić information content (AvgIpc) is 3.38. The average molecular weight is 503 g/mol. The van der Waals surface area contributed by atoms with Crippen molar-refractivity contribution in [2.75, 3.05) is 37.6 Å². The number of urea groups is 1. The van der Waals surface area contributed by atoms with Crippen molar-refractivity contribution in [3.63, 3.8) is 0 Å². The molecule has 0 radical (unpaired) electrons. The van der Waals surface area contributed by atoms with E-state index in [4.69, 9.17) is 14.2 Å². The molecule has 0 spiro atoms. The predicted octanol–water partition coefficient (Wildman–Crippen LogP) is 4.46. The number of piperidine rings is 1. The molecule has 1 saturated heterocycles. The summed E-state index contributed by atoms with van der Waals surface area (Å²) < 4.78 is 16.3. The maximum Gasteiger partial charge on any atom is 0.323 e. The highest BCUT2D eigenvalue weighted by molar-refractivity contribution is 6.01. The van der Waals surface area contributed by atoms with Crippen LogP contribution in [0.2, 0.25) is 0 Å². The highest BCUT2D eigenvalue weighted by Gasteiger charge is 2.23. The van der Waals surface area contributed by atoms with E-state index in [0.29, 0.717) is 22.7 Å². The number of carbonyl (C=O) groups excluding carboxylic acids is 2. The van der Waals surface area contributed by atoms with E-state index in [2.05, 4.69) is 26.9 Å². The molecule has 0 saturated carbocycles. The number of hydrogen-bond acceptors (Lipinski definition) is 6. The van der Waals surface area contributed by atoms with Crippen LogP contribution in [0.25, 0.3) is 0 Å². The quantitative estimate of drug-likeness (QED) is 0.441. The molecule has 9 heteroatoms. The molecule has 3 amide bonds. The van der Waals surface area contributed by atoms with Gasteiger partial charge < -0.3 is 30.2 Å². The van der Waals surface area contributed by atoms with E-state index in [1.165, 1.54) is 12.7 Å². The summed E-state index contributed by atoms with van der Waals surface area (Å²) in [5.74, 6) is 1.80. The van der Waals surface area contributed by atoms with Gasteiger partial charge in [-0.2, -0.15) is 0 Å². The fraction of sp³-hybridized carbons (Fsp3) is 0.286. The van der Waals surface area contributed by atoms with Crippen molar-refractivity contribution in [1.29, 1.82) is 0 Å². The van der Waals surface area contributed by atoms with Gasteiger partial charge in [-0.05, 0) is 54.8 Å². The summed E-state index contributed by atoms with van der Waals surface area (Å²) >= 11 is 0. The number of benzene rings is 3. The zero-order chi connectivity index (χ0) is 25.6. The minimum Gasteiger partial charge on any atom is -0.496 e. The third-order valence-corrected chi connectivity index (χ3v) is 6.50. The Bertz CT molecular complexity index is 1260. The zero-order valence-electron chi connectivity index (χ0n) is 20.7. The van der Waals surface area contributed by atoms with Crippen LogP contribution < -0.4 is 30.2 Å². The van der Waals surface area contributed by atoms with Gasteiger partial charge in [0.15, 0.2) is 11.5 Å². The molecule has 0 atom stereocenters. The number of nitrogens with zero attached hydrogens (tertiary/aromatic N) is 1. The van der Waals surface area contributed by atoms with Crippen LogP contribution in [0.4, 0.5) is 16.2 Å². The Labute approximate surface area is 215 Å². The topological polar surface area (TPSA) is 101 Å². The Kier molecular flexibility index (Phi) is 7.41. The smallest absolute Gasteiger partial charge is 0.323 e. The predicted molar refractivity (Wildman–Crippen MR) is 140 cm³/mol. The van der Waals surface area contributed by atoms with Gasteiger partial charge in [0.05, 0.1) is 12.7 Å². The second-order valence-electron chi connectivity index (χ2n) is 9.07. The lowest BCUT2D eigenvalue weighted by atomic mass is 10.0. The van der Waals surface area contributed by atoms with Crippen LogP contribution in [0, 0.1) is 0 Å². The normalized spacial score (nSPS) is 15.2. The van der Waals surface area contributed by atoms with Gasteiger partial charge in [-0.3, -0.25) is 9.69 Å². The lowest BCUT2D eigenvalue weighted by molar-refractivity contribution is 0.0906. The molecule has 5 rings (SSSR count). The molecule has 3 aromatic carbocycles. The summed E-state index contributed by atoms with van der Waals surface area (Å²) in [5, 5.41) is 8.67. The first kappa shape index (κ1) is 24.5. The van der Waals surface area contributed by atoms with E-state index < -0.39 is 0 Å². The largest absolute Gasteiger partial charge is 0.496 e. The van der Waals surface area contributed by atoms with Crippen molar-refractivity contribution >= 4 is 23.3 Å². The second-order valence-corrected chi connectivity index (χ2v) is 9.07. The number of ether oxygens (including phenoxy) is 3. The second kappa shape index (κ2) is 11.2. The Morgan fingerprint density at radius 1 is 0.919 bits per heavy atom. The number of amides is 3. The standard InChI is InChI=1S/C28H30N4O5/c1-35-25-16-22(31-28(34)30-20-5-3-2-4-6-20)8-9-23(25)27(33)29-21-11-13-32(14-12-21)17-19-7-10-24-26(15-19)37-18-36-24/h2-10,15-16,21H,11-14,17-18H2,1H3,(H,29,33)(H2,30,31,34). The number of carbonyl (C=O) groups is 2. The van der Waals surface area contributed by atoms with Crippen LogP contribution in [0.1, 0.15) is 28.8 Å². The van der Waals surface area contributed by atoms with E-state index in [9.17, 15) is 9.59 Å². The van der Waals surface area contributed by atoms with E-state index in [-0.39, 0.29) is 24.8 Å². The van der Waals surface area contributed by atoms with Gasteiger partial charge in [-0.1, -0.05) is 24.3 Å². The number of nitrogens with one attached hydrogen (secondary N) is 3. The van der Waals surface area contributed by atoms with Crippen molar-refractivity contribution in [2.45, 2.75) is 25.4 Å². The summed E-state index contributed by atoms with van der Waals surface area (Å²) in [4.78, 5) is 27.7.